The van der Waals surface area contributed by atoms with Gasteiger partial charge in [0.25, 0.3) is 0 Å². The molecule has 0 spiro atoms. The van der Waals surface area contributed by atoms with Gasteiger partial charge in [-0.2, -0.15) is 0 Å². The Bertz CT molecular complexity index is 1170. The van der Waals surface area contributed by atoms with Gasteiger partial charge >= 0.3 is 22.9 Å². The lowest BCUT2D eigenvalue weighted by atomic mass is 10.1. The van der Waals surface area contributed by atoms with E-state index >= 15 is 0 Å². The lowest BCUT2D eigenvalue weighted by Crippen LogP contribution is -2.32. The monoisotopic (exact) mass is 385 g/mol. The molecular formula is C17H11N3O8. The van der Waals surface area contributed by atoms with Crippen molar-refractivity contribution in [1.82, 2.24) is 4.73 Å². The third-order valence-corrected chi connectivity index (χ3v) is 3.82. The molecule has 1 aromatic heterocycles. The Balaban J connectivity index is 2.28. The molecule has 0 atom stereocenters. The van der Waals surface area contributed by atoms with E-state index in [-0.39, 0.29) is 22.2 Å². The van der Waals surface area contributed by atoms with Crippen LogP contribution in [-0.4, -0.2) is 27.7 Å². The Morgan fingerprint density at radius 2 is 1.61 bits per heavy atom. The quantitative estimate of drug-likeness (QED) is 0.480. The summed E-state index contributed by atoms with van der Waals surface area (Å²) in [6, 6.07) is 10.6. The molecule has 0 unspecified atom stereocenters. The van der Waals surface area contributed by atoms with Crippen molar-refractivity contribution in [1.29, 1.82) is 0 Å². The number of fused-ring (bicyclic) bond motifs is 1. The molecule has 28 heavy (non-hydrogen) atoms. The van der Waals surface area contributed by atoms with Crippen LogP contribution in [0.1, 0.15) is 10.4 Å². The number of ether oxygens (including phenoxy) is 1. The molecule has 0 fully saturated rings. The van der Waals surface area contributed by atoms with Crippen LogP contribution in [-0.2, 0) is 0 Å². The molecule has 0 saturated carbocycles. The maximum absolute atomic E-state index is 12.5. The fourth-order valence-corrected chi connectivity index (χ4v) is 2.53. The van der Waals surface area contributed by atoms with Crippen molar-refractivity contribution in [2.75, 3.05) is 7.11 Å². The smallest absolute Gasteiger partial charge is 0.363 e. The molecule has 0 bridgehead atoms. The first-order valence-electron chi connectivity index (χ1n) is 7.67. The Labute approximate surface area is 155 Å². The van der Waals surface area contributed by atoms with E-state index < -0.39 is 32.7 Å². The Hall–Kier alpha value is -4.28. The van der Waals surface area contributed by atoms with Crippen molar-refractivity contribution in [3.8, 4) is 5.75 Å². The van der Waals surface area contributed by atoms with E-state index in [2.05, 4.69) is 0 Å². The number of carbonyl (C=O) groups excluding carboxylic acids is 1. The van der Waals surface area contributed by atoms with Gasteiger partial charge in [0.15, 0.2) is 5.75 Å². The summed E-state index contributed by atoms with van der Waals surface area (Å²) in [4.78, 5) is 50.6. The average molecular weight is 385 g/mol. The van der Waals surface area contributed by atoms with Crippen LogP contribution in [0.2, 0.25) is 0 Å². The first-order valence-corrected chi connectivity index (χ1v) is 7.67. The molecule has 2 aromatic carbocycles. The number of methoxy groups -OCH3 is 1. The van der Waals surface area contributed by atoms with Crippen LogP contribution in [0.4, 0.5) is 11.4 Å². The number of nitrogens with zero attached hydrogens (tertiary/aromatic N) is 3. The topological polar surface area (TPSA) is 144 Å². The lowest BCUT2D eigenvalue weighted by molar-refractivity contribution is -0.386. The number of rotatable bonds is 5. The predicted octanol–water partition coefficient (Wildman–Crippen LogP) is 2.10. The maximum Gasteiger partial charge on any atom is 0.363 e. The molecule has 142 valence electrons. The fourth-order valence-electron chi connectivity index (χ4n) is 2.53. The first-order chi connectivity index (χ1) is 13.3. The molecule has 0 amide bonds. The minimum atomic E-state index is -1.21. The van der Waals surface area contributed by atoms with Gasteiger partial charge in [-0.3, -0.25) is 25.0 Å². The Kier molecular flexibility index (Phi) is 4.73. The largest absolute Gasteiger partial charge is 0.490 e. The van der Waals surface area contributed by atoms with Crippen LogP contribution in [0.25, 0.3) is 10.9 Å². The molecule has 11 nitrogen and oxygen atoms in total. The molecule has 3 rings (SSSR count). The second-order valence-corrected chi connectivity index (χ2v) is 5.47. The number of hydrogen-bond acceptors (Lipinski definition) is 8. The van der Waals surface area contributed by atoms with Gasteiger partial charge in [0.1, 0.15) is 0 Å². The molecule has 0 N–H and O–H groups in total. The number of carbonyl (C=O) groups is 1. The highest BCUT2D eigenvalue weighted by atomic mass is 16.7. The third kappa shape index (κ3) is 3.23. The number of nitro groups is 2. The van der Waals surface area contributed by atoms with Crippen LogP contribution in [0.3, 0.4) is 0 Å². The van der Waals surface area contributed by atoms with Crippen LogP contribution >= 0.6 is 0 Å². The van der Waals surface area contributed by atoms with Gasteiger partial charge < -0.3 is 9.57 Å². The number of benzene rings is 2. The highest BCUT2D eigenvalue weighted by Gasteiger charge is 2.25. The first kappa shape index (κ1) is 18.5. The van der Waals surface area contributed by atoms with Crippen LogP contribution in [0, 0.1) is 20.2 Å². The zero-order chi connectivity index (χ0) is 20.4. The van der Waals surface area contributed by atoms with Crippen molar-refractivity contribution in [2.24, 2.45) is 0 Å². The van der Waals surface area contributed by atoms with Crippen molar-refractivity contribution < 1.29 is 24.2 Å². The molecule has 11 heteroatoms. The van der Waals surface area contributed by atoms with E-state index in [4.69, 9.17) is 9.57 Å². The normalized spacial score (nSPS) is 10.5. The summed E-state index contributed by atoms with van der Waals surface area (Å²) in [5.41, 5.74) is -2.60. The van der Waals surface area contributed by atoms with E-state index in [0.29, 0.717) is 4.73 Å². The summed E-state index contributed by atoms with van der Waals surface area (Å²) < 4.78 is 5.37. The zero-order valence-corrected chi connectivity index (χ0v) is 14.2. The van der Waals surface area contributed by atoms with Crippen molar-refractivity contribution in [3.05, 3.63) is 84.7 Å². The third-order valence-electron chi connectivity index (χ3n) is 3.82. The molecule has 0 aliphatic rings. The molecule has 0 radical (unpaired) electrons. The predicted molar refractivity (Wildman–Crippen MR) is 95.4 cm³/mol. The Morgan fingerprint density at radius 3 is 2.18 bits per heavy atom. The van der Waals surface area contributed by atoms with Crippen molar-refractivity contribution >= 4 is 28.2 Å². The van der Waals surface area contributed by atoms with Gasteiger partial charge in [0.2, 0.25) is 0 Å². The highest BCUT2D eigenvalue weighted by molar-refractivity contribution is 5.91. The standard InChI is InChI=1S/C17H11N3O8/c1-27-15-9-12-11(7-13(15)19(23)24)8-14(20(25)26)16(21)18(12)28-17(22)10-5-3-2-4-6-10/h2-9H,1H3. The number of hydrogen-bond donors (Lipinski definition) is 0. The van der Waals surface area contributed by atoms with Gasteiger partial charge in [0.05, 0.1) is 28.0 Å². The summed E-state index contributed by atoms with van der Waals surface area (Å²) in [6.07, 6.45) is 0. The van der Waals surface area contributed by atoms with Crippen LogP contribution < -0.4 is 15.1 Å². The number of pyridine rings is 1. The van der Waals surface area contributed by atoms with Crippen LogP contribution in [0.15, 0.2) is 53.3 Å². The maximum atomic E-state index is 12.5. The summed E-state index contributed by atoms with van der Waals surface area (Å²) in [7, 11) is 1.18. The van der Waals surface area contributed by atoms with E-state index in [1.165, 1.54) is 19.2 Å². The zero-order valence-electron chi connectivity index (χ0n) is 14.2. The fraction of sp³-hybridized carbons (Fsp3) is 0.0588. The van der Waals surface area contributed by atoms with Gasteiger partial charge in [0, 0.05) is 23.6 Å². The SMILES string of the molecule is COc1cc2c(cc1[N+](=O)[O-])cc([N+](=O)[O-])c(=O)n2OC(=O)c1ccccc1. The highest BCUT2D eigenvalue weighted by Crippen LogP contribution is 2.32. The van der Waals surface area contributed by atoms with E-state index in [1.807, 2.05) is 0 Å². The summed E-state index contributed by atoms with van der Waals surface area (Å²) >= 11 is 0. The second-order valence-electron chi connectivity index (χ2n) is 5.47. The molecule has 0 aliphatic carbocycles. The average Bonchev–Trinajstić information content (AvgIpc) is 2.69. The molecule has 0 aliphatic heterocycles. The molecule has 1 heterocycles. The van der Waals surface area contributed by atoms with Gasteiger partial charge in [-0.25, -0.2) is 4.79 Å². The van der Waals surface area contributed by atoms with E-state index in [9.17, 15) is 29.8 Å². The minimum Gasteiger partial charge on any atom is -0.490 e. The molecular weight excluding hydrogens is 374 g/mol. The number of nitro benzene ring substituents is 1. The number of aromatic nitrogens is 1. The van der Waals surface area contributed by atoms with Gasteiger partial charge in [-0.1, -0.05) is 18.2 Å². The lowest BCUT2D eigenvalue weighted by Gasteiger charge is -2.11. The van der Waals surface area contributed by atoms with Crippen molar-refractivity contribution in [2.45, 2.75) is 0 Å². The molecule has 0 saturated heterocycles. The second kappa shape index (κ2) is 7.15. The van der Waals surface area contributed by atoms with E-state index in [1.54, 1.807) is 18.2 Å². The summed E-state index contributed by atoms with van der Waals surface area (Å²) in [5.74, 6) is -1.16. The minimum absolute atomic E-state index is 0.0559. The molecule has 3 aromatic rings. The van der Waals surface area contributed by atoms with Gasteiger partial charge in [-0.15, -0.1) is 4.73 Å². The summed E-state index contributed by atoms with van der Waals surface area (Å²) in [6.45, 7) is 0. The van der Waals surface area contributed by atoms with E-state index in [0.717, 1.165) is 18.2 Å². The van der Waals surface area contributed by atoms with Crippen LogP contribution in [0.5, 0.6) is 5.75 Å². The van der Waals surface area contributed by atoms with Crippen molar-refractivity contribution in [3.63, 3.8) is 0 Å². The summed E-state index contributed by atoms with van der Waals surface area (Å²) in [5, 5.41) is 22.3. The van der Waals surface area contributed by atoms with Gasteiger partial charge in [-0.05, 0) is 12.1 Å². The Morgan fingerprint density at radius 1 is 1.00 bits per heavy atom.